The molecule has 1 rings (SSSR count). The van der Waals surface area contributed by atoms with Crippen molar-refractivity contribution in [2.75, 3.05) is 19.6 Å². The van der Waals surface area contributed by atoms with Gasteiger partial charge in [0, 0.05) is 25.6 Å². The predicted molar refractivity (Wildman–Crippen MR) is 48.9 cm³/mol. The van der Waals surface area contributed by atoms with Crippen molar-refractivity contribution in [1.29, 1.82) is 0 Å². The maximum Gasteiger partial charge on any atom is 0.224 e. The highest BCUT2D eigenvalue weighted by molar-refractivity contribution is 5.79. The van der Waals surface area contributed by atoms with Gasteiger partial charge in [-0.25, -0.2) is 0 Å². The summed E-state index contributed by atoms with van der Waals surface area (Å²) >= 11 is 0. The fourth-order valence-corrected chi connectivity index (χ4v) is 1.53. The number of nitrogens with one attached hydrogen (secondary N) is 1. The third-order valence-electron chi connectivity index (χ3n) is 2.06. The Morgan fingerprint density at radius 3 is 3.17 bits per heavy atom. The molecule has 0 saturated carbocycles. The molecule has 1 heterocycles. The van der Waals surface area contributed by atoms with Gasteiger partial charge >= 0.3 is 0 Å². The summed E-state index contributed by atoms with van der Waals surface area (Å²) < 4.78 is 0. The van der Waals surface area contributed by atoms with E-state index < -0.39 is 0 Å². The number of rotatable bonds is 4. The lowest BCUT2D eigenvalue weighted by Crippen LogP contribution is -2.32. The first-order chi connectivity index (χ1) is 5.77. The second-order valence-corrected chi connectivity index (χ2v) is 3.05. The van der Waals surface area contributed by atoms with E-state index in [0.717, 1.165) is 13.1 Å². The van der Waals surface area contributed by atoms with Gasteiger partial charge < -0.3 is 10.2 Å². The van der Waals surface area contributed by atoms with Crippen LogP contribution in [0.2, 0.25) is 0 Å². The summed E-state index contributed by atoms with van der Waals surface area (Å²) in [5, 5.41) is 3.27. The Morgan fingerprint density at radius 1 is 1.83 bits per heavy atom. The Morgan fingerprint density at radius 2 is 2.58 bits per heavy atom. The molecule has 0 aliphatic carbocycles. The topological polar surface area (TPSA) is 32.3 Å². The normalized spacial score (nSPS) is 23.2. The van der Waals surface area contributed by atoms with Crippen LogP contribution in [0.5, 0.6) is 0 Å². The van der Waals surface area contributed by atoms with E-state index in [-0.39, 0.29) is 5.91 Å². The van der Waals surface area contributed by atoms with E-state index in [1.54, 1.807) is 6.08 Å². The molecule has 3 heteroatoms. The van der Waals surface area contributed by atoms with Crippen LogP contribution in [0.3, 0.4) is 0 Å². The molecule has 0 aromatic carbocycles. The average Bonchev–Trinajstić information content (AvgIpc) is 2.34. The Kier molecular flexibility index (Phi) is 3.29. The van der Waals surface area contributed by atoms with Gasteiger partial charge in [-0.05, 0) is 6.54 Å². The van der Waals surface area contributed by atoms with E-state index in [0.29, 0.717) is 19.0 Å². The van der Waals surface area contributed by atoms with E-state index >= 15 is 0 Å². The van der Waals surface area contributed by atoms with Gasteiger partial charge in [-0.1, -0.05) is 13.0 Å². The molecular weight excluding hydrogens is 152 g/mol. The number of hydrogen-bond acceptors (Lipinski definition) is 2. The number of carbonyl (C=O) groups excluding carboxylic acids is 1. The van der Waals surface area contributed by atoms with Crippen molar-refractivity contribution >= 4 is 5.91 Å². The van der Waals surface area contributed by atoms with Crippen LogP contribution in [0.25, 0.3) is 0 Å². The molecule has 1 saturated heterocycles. The standard InChI is InChI=1S/C9H16N2O/c1-3-5-11-7-8(10-4-2)6-9(11)12/h3,8,10H,1,4-7H2,2H3. The van der Waals surface area contributed by atoms with Gasteiger partial charge in [0.15, 0.2) is 0 Å². The summed E-state index contributed by atoms with van der Waals surface area (Å²) in [4.78, 5) is 13.1. The van der Waals surface area contributed by atoms with Gasteiger partial charge in [0.05, 0.1) is 0 Å². The number of likely N-dealkylation sites (N-methyl/N-ethyl adjacent to an activating group) is 1. The Bertz CT molecular complexity index is 179. The monoisotopic (exact) mass is 168 g/mol. The minimum Gasteiger partial charge on any atom is -0.337 e. The summed E-state index contributed by atoms with van der Waals surface area (Å²) in [6.07, 6.45) is 2.41. The van der Waals surface area contributed by atoms with Crippen LogP contribution in [-0.4, -0.2) is 36.5 Å². The molecule has 0 radical (unpaired) electrons. The number of carbonyl (C=O) groups is 1. The van der Waals surface area contributed by atoms with E-state index in [1.165, 1.54) is 0 Å². The zero-order valence-electron chi connectivity index (χ0n) is 7.55. The first-order valence-electron chi connectivity index (χ1n) is 4.40. The SMILES string of the molecule is C=CCN1CC(NCC)CC1=O. The molecule has 1 amide bonds. The van der Waals surface area contributed by atoms with Gasteiger partial charge in [0.25, 0.3) is 0 Å². The lowest BCUT2D eigenvalue weighted by molar-refractivity contribution is -0.127. The number of nitrogens with zero attached hydrogens (tertiary/aromatic N) is 1. The molecule has 0 aromatic heterocycles. The summed E-state index contributed by atoms with van der Waals surface area (Å²) in [6, 6.07) is 0.349. The highest BCUT2D eigenvalue weighted by Crippen LogP contribution is 2.09. The number of likely N-dealkylation sites (tertiary alicyclic amines) is 1. The maximum atomic E-state index is 11.3. The lowest BCUT2D eigenvalue weighted by Gasteiger charge is -2.13. The minimum atomic E-state index is 0.237. The first-order valence-corrected chi connectivity index (χ1v) is 4.40. The number of amides is 1. The molecule has 0 bridgehead atoms. The van der Waals surface area contributed by atoms with E-state index in [9.17, 15) is 4.79 Å². The van der Waals surface area contributed by atoms with Crippen LogP contribution in [-0.2, 0) is 4.79 Å². The lowest BCUT2D eigenvalue weighted by atomic mass is 10.2. The Labute approximate surface area is 73.4 Å². The second kappa shape index (κ2) is 4.26. The molecule has 1 atom stereocenters. The zero-order chi connectivity index (χ0) is 8.97. The van der Waals surface area contributed by atoms with Crippen molar-refractivity contribution in [3.05, 3.63) is 12.7 Å². The van der Waals surface area contributed by atoms with Gasteiger partial charge in [0.2, 0.25) is 5.91 Å². The molecule has 3 nitrogen and oxygen atoms in total. The van der Waals surface area contributed by atoms with Crippen LogP contribution in [0.4, 0.5) is 0 Å². The van der Waals surface area contributed by atoms with Crippen molar-refractivity contribution in [3.63, 3.8) is 0 Å². The fraction of sp³-hybridized carbons (Fsp3) is 0.667. The van der Waals surface area contributed by atoms with Gasteiger partial charge in [-0.15, -0.1) is 6.58 Å². The number of hydrogen-bond donors (Lipinski definition) is 1. The summed E-state index contributed by atoms with van der Waals surface area (Å²) in [6.45, 7) is 8.12. The summed E-state index contributed by atoms with van der Waals surface area (Å²) in [5.41, 5.74) is 0. The van der Waals surface area contributed by atoms with Crippen molar-refractivity contribution in [3.8, 4) is 0 Å². The summed E-state index contributed by atoms with van der Waals surface area (Å²) in [7, 11) is 0. The van der Waals surface area contributed by atoms with E-state index in [4.69, 9.17) is 0 Å². The van der Waals surface area contributed by atoms with Crippen molar-refractivity contribution in [2.24, 2.45) is 0 Å². The third-order valence-corrected chi connectivity index (χ3v) is 2.06. The van der Waals surface area contributed by atoms with Crippen molar-refractivity contribution in [1.82, 2.24) is 10.2 Å². The average molecular weight is 168 g/mol. The van der Waals surface area contributed by atoms with Crippen molar-refractivity contribution < 1.29 is 4.79 Å². The van der Waals surface area contributed by atoms with Crippen LogP contribution in [0, 0.1) is 0 Å². The van der Waals surface area contributed by atoms with Crippen LogP contribution in [0.15, 0.2) is 12.7 Å². The minimum absolute atomic E-state index is 0.237. The zero-order valence-corrected chi connectivity index (χ0v) is 7.55. The molecule has 0 aromatic rings. The Hall–Kier alpha value is -0.830. The summed E-state index contributed by atoms with van der Waals surface area (Å²) in [5.74, 6) is 0.237. The van der Waals surface area contributed by atoms with Gasteiger partial charge in [0.1, 0.15) is 0 Å². The molecule has 68 valence electrons. The molecule has 1 unspecified atom stereocenters. The quantitative estimate of drug-likeness (QED) is 0.616. The largest absolute Gasteiger partial charge is 0.337 e. The Balaban J connectivity index is 2.38. The molecular formula is C9H16N2O. The van der Waals surface area contributed by atoms with Gasteiger partial charge in [-0.2, -0.15) is 0 Å². The highest BCUT2D eigenvalue weighted by atomic mass is 16.2. The van der Waals surface area contributed by atoms with E-state index in [2.05, 4.69) is 18.8 Å². The molecule has 1 aliphatic rings. The molecule has 1 aliphatic heterocycles. The molecule has 12 heavy (non-hydrogen) atoms. The third kappa shape index (κ3) is 2.08. The van der Waals surface area contributed by atoms with Crippen LogP contribution in [0.1, 0.15) is 13.3 Å². The second-order valence-electron chi connectivity index (χ2n) is 3.05. The maximum absolute atomic E-state index is 11.3. The fourth-order valence-electron chi connectivity index (χ4n) is 1.53. The van der Waals surface area contributed by atoms with E-state index in [1.807, 2.05) is 4.90 Å². The predicted octanol–water partition coefficient (Wildman–Crippen LogP) is 0.383. The first kappa shape index (κ1) is 9.26. The molecule has 0 spiro atoms. The van der Waals surface area contributed by atoms with Crippen LogP contribution < -0.4 is 5.32 Å². The molecule has 1 fully saturated rings. The molecule has 1 N–H and O–H groups in total. The smallest absolute Gasteiger partial charge is 0.224 e. The van der Waals surface area contributed by atoms with Crippen LogP contribution >= 0.6 is 0 Å². The highest BCUT2D eigenvalue weighted by Gasteiger charge is 2.27. The van der Waals surface area contributed by atoms with Gasteiger partial charge in [-0.3, -0.25) is 4.79 Å². The van der Waals surface area contributed by atoms with Crippen molar-refractivity contribution in [2.45, 2.75) is 19.4 Å².